The SMILES string of the molecule is CCOC(=O)CNCc1ncccc1OCc1ccccc1. The number of hydrogen-bond donors (Lipinski definition) is 1. The van der Waals surface area contributed by atoms with Crippen LogP contribution in [0.25, 0.3) is 0 Å². The predicted molar refractivity (Wildman–Crippen MR) is 83.4 cm³/mol. The largest absolute Gasteiger partial charge is 0.487 e. The number of esters is 1. The van der Waals surface area contributed by atoms with Crippen molar-refractivity contribution in [2.75, 3.05) is 13.2 Å². The Morgan fingerprint density at radius 3 is 2.77 bits per heavy atom. The Bertz CT molecular complexity index is 587. The highest BCUT2D eigenvalue weighted by atomic mass is 16.5. The van der Waals surface area contributed by atoms with Gasteiger partial charge in [-0.05, 0) is 24.6 Å². The van der Waals surface area contributed by atoms with Crippen molar-refractivity contribution >= 4 is 5.97 Å². The van der Waals surface area contributed by atoms with Gasteiger partial charge in [-0.2, -0.15) is 0 Å². The predicted octanol–water partition coefficient (Wildman–Crippen LogP) is 2.31. The number of rotatable bonds is 8. The van der Waals surface area contributed by atoms with Gasteiger partial charge >= 0.3 is 5.97 Å². The van der Waals surface area contributed by atoms with Crippen molar-refractivity contribution < 1.29 is 14.3 Å². The van der Waals surface area contributed by atoms with Gasteiger partial charge in [-0.3, -0.25) is 9.78 Å². The van der Waals surface area contributed by atoms with Crippen molar-refractivity contribution in [2.45, 2.75) is 20.1 Å². The van der Waals surface area contributed by atoms with Gasteiger partial charge < -0.3 is 14.8 Å². The van der Waals surface area contributed by atoms with E-state index in [1.807, 2.05) is 42.5 Å². The van der Waals surface area contributed by atoms with Crippen molar-refractivity contribution in [1.82, 2.24) is 10.3 Å². The van der Waals surface area contributed by atoms with E-state index < -0.39 is 0 Å². The second kappa shape index (κ2) is 8.79. The third kappa shape index (κ3) is 5.18. The maximum absolute atomic E-state index is 11.3. The molecule has 2 rings (SSSR count). The first kappa shape index (κ1) is 16.0. The fraction of sp³-hybridized carbons (Fsp3) is 0.294. The number of nitrogens with one attached hydrogen (secondary N) is 1. The van der Waals surface area contributed by atoms with E-state index >= 15 is 0 Å². The summed E-state index contributed by atoms with van der Waals surface area (Å²) < 4.78 is 10.7. The van der Waals surface area contributed by atoms with Crippen LogP contribution in [0.4, 0.5) is 0 Å². The molecule has 0 aliphatic rings. The molecule has 2 aromatic rings. The highest BCUT2D eigenvalue weighted by Crippen LogP contribution is 2.16. The van der Waals surface area contributed by atoms with Crippen molar-refractivity contribution in [3.8, 4) is 5.75 Å². The lowest BCUT2D eigenvalue weighted by Gasteiger charge is -2.11. The van der Waals surface area contributed by atoms with E-state index in [2.05, 4.69) is 10.3 Å². The number of nitrogens with zero attached hydrogens (tertiary/aromatic N) is 1. The molecule has 0 aliphatic heterocycles. The summed E-state index contributed by atoms with van der Waals surface area (Å²) >= 11 is 0. The van der Waals surface area contributed by atoms with E-state index in [0.29, 0.717) is 25.5 Å². The number of benzene rings is 1. The van der Waals surface area contributed by atoms with E-state index in [1.165, 1.54) is 0 Å². The molecule has 5 heteroatoms. The lowest BCUT2D eigenvalue weighted by atomic mass is 10.2. The molecule has 1 heterocycles. The number of pyridine rings is 1. The van der Waals surface area contributed by atoms with Crippen LogP contribution in [-0.4, -0.2) is 24.1 Å². The van der Waals surface area contributed by atoms with Crippen LogP contribution in [0.5, 0.6) is 5.75 Å². The van der Waals surface area contributed by atoms with Crippen LogP contribution in [0.3, 0.4) is 0 Å². The summed E-state index contributed by atoms with van der Waals surface area (Å²) in [5.41, 5.74) is 1.86. The van der Waals surface area contributed by atoms with Gasteiger partial charge in [-0.15, -0.1) is 0 Å². The first-order valence-electron chi connectivity index (χ1n) is 7.26. The second-order valence-corrected chi connectivity index (χ2v) is 4.63. The lowest BCUT2D eigenvalue weighted by molar-refractivity contribution is -0.142. The Kier molecular flexibility index (Phi) is 6.39. The molecule has 0 saturated heterocycles. The molecule has 0 spiro atoms. The van der Waals surface area contributed by atoms with Crippen LogP contribution in [0, 0.1) is 0 Å². The zero-order valence-electron chi connectivity index (χ0n) is 12.6. The van der Waals surface area contributed by atoms with E-state index in [0.717, 1.165) is 11.3 Å². The zero-order valence-corrected chi connectivity index (χ0v) is 12.6. The molecule has 1 N–H and O–H groups in total. The van der Waals surface area contributed by atoms with Crippen LogP contribution in [0.1, 0.15) is 18.2 Å². The molecule has 116 valence electrons. The fourth-order valence-electron chi connectivity index (χ4n) is 1.92. The van der Waals surface area contributed by atoms with Gasteiger partial charge in [0.1, 0.15) is 12.4 Å². The van der Waals surface area contributed by atoms with Crippen LogP contribution < -0.4 is 10.1 Å². The summed E-state index contributed by atoms with van der Waals surface area (Å²) in [5.74, 6) is 0.438. The molecular weight excluding hydrogens is 280 g/mol. The van der Waals surface area contributed by atoms with Crippen LogP contribution in [0.2, 0.25) is 0 Å². The Morgan fingerprint density at radius 2 is 2.00 bits per heavy atom. The highest BCUT2D eigenvalue weighted by molar-refractivity contribution is 5.71. The Balaban J connectivity index is 1.88. The third-order valence-corrected chi connectivity index (χ3v) is 2.95. The standard InChI is InChI=1S/C17H20N2O3/c1-2-21-17(20)12-18-11-15-16(9-6-10-19-15)22-13-14-7-4-3-5-8-14/h3-10,18H,2,11-13H2,1H3. The van der Waals surface area contributed by atoms with Crippen LogP contribution in [-0.2, 0) is 22.7 Å². The minimum absolute atomic E-state index is 0.155. The van der Waals surface area contributed by atoms with Gasteiger partial charge in [0.15, 0.2) is 0 Å². The van der Waals surface area contributed by atoms with Gasteiger partial charge in [0.05, 0.1) is 18.8 Å². The maximum Gasteiger partial charge on any atom is 0.319 e. The summed E-state index contributed by atoms with van der Waals surface area (Å²) in [4.78, 5) is 15.6. The zero-order chi connectivity index (χ0) is 15.6. The summed E-state index contributed by atoms with van der Waals surface area (Å²) in [6, 6.07) is 13.6. The lowest BCUT2D eigenvalue weighted by Crippen LogP contribution is -2.25. The smallest absolute Gasteiger partial charge is 0.319 e. The third-order valence-electron chi connectivity index (χ3n) is 2.95. The maximum atomic E-state index is 11.3. The van der Waals surface area contributed by atoms with E-state index in [9.17, 15) is 4.79 Å². The Morgan fingerprint density at radius 1 is 1.18 bits per heavy atom. The molecule has 22 heavy (non-hydrogen) atoms. The number of ether oxygens (including phenoxy) is 2. The van der Waals surface area contributed by atoms with Crippen molar-refractivity contribution in [1.29, 1.82) is 0 Å². The van der Waals surface area contributed by atoms with E-state index in [-0.39, 0.29) is 12.5 Å². The van der Waals surface area contributed by atoms with E-state index in [4.69, 9.17) is 9.47 Å². The Hall–Kier alpha value is -2.40. The van der Waals surface area contributed by atoms with Gasteiger partial charge in [0.25, 0.3) is 0 Å². The average molecular weight is 300 g/mol. The topological polar surface area (TPSA) is 60.5 Å². The number of carbonyl (C=O) groups is 1. The molecule has 0 saturated carbocycles. The van der Waals surface area contributed by atoms with Gasteiger partial charge in [-0.25, -0.2) is 0 Å². The molecule has 0 amide bonds. The average Bonchev–Trinajstić information content (AvgIpc) is 2.55. The van der Waals surface area contributed by atoms with Crippen LogP contribution >= 0.6 is 0 Å². The minimum atomic E-state index is -0.273. The van der Waals surface area contributed by atoms with Crippen molar-refractivity contribution in [3.63, 3.8) is 0 Å². The normalized spacial score (nSPS) is 10.2. The molecular formula is C17H20N2O3. The molecule has 0 fully saturated rings. The molecule has 0 aliphatic carbocycles. The first-order chi connectivity index (χ1) is 10.8. The van der Waals surface area contributed by atoms with Crippen LogP contribution in [0.15, 0.2) is 48.7 Å². The highest BCUT2D eigenvalue weighted by Gasteiger charge is 2.06. The molecule has 0 atom stereocenters. The monoisotopic (exact) mass is 300 g/mol. The molecule has 0 radical (unpaired) electrons. The first-order valence-corrected chi connectivity index (χ1v) is 7.26. The summed E-state index contributed by atoms with van der Waals surface area (Å²) in [7, 11) is 0. The summed E-state index contributed by atoms with van der Waals surface area (Å²) in [6.45, 7) is 3.26. The van der Waals surface area contributed by atoms with Crippen molar-refractivity contribution in [2.24, 2.45) is 0 Å². The fourth-order valence-corrected chi connectivity index (χ4v) is 1.92. The van der Waals surface area contributed by atoms with Crippen molar-refractivity contribution in [3.05, 3.63) is 59.9 Å². The van der Waals surface area contributed by atoms with E-state index in [1.54, 1.807) is 13.1 Å². The quantitative estimate of drug-likeness (QED) is 0.758. The van der Waals surface area contributed by atoms with Gasteiger partial charge in [-0.1, -0.05) is 30.3 Å². The molecule has 1 aromatic heterocycles. The Labute approximate surface area is 130 Å². The van der Waals surface area contributed by atoms with Gasteiger partial charge in [0, 0.05) is 12.7 Å². The summed E-state index contributed by atoms with van der Waals surface area (Å²) in [5, 5.41) is 3.01. The number of hydrogen-bond acceptors (Lipinski definition) is 5. The number of carbonyl (C=O) groups excluding carboxylic acids is 1. The molecule has 5 nitrogen and oxygen atoms in total. The second-order valence-electron chi connectivity index (χ2n) is 4.63. The summed E-state index contributed by atoms with van der Waals surface area (Å²) in [6.07, 6.45) is 1.71. The molecule has 0 unspecified atom stereocenters. The molecule has 0 bridgehead atoms. The minimum Gasteiger partial charge on any atom is -0.487 e. The molecule has 1 aromatic carbocycles. The van der Waals surface area contributed by atoms with Gasteiger partial charge in [0.2, 0.25) is 0 Å². The number of aromatic nitrogens is 1.